The zero-order chi connectivity index (χ0) is 14.2. The van der Waals surface area contributed by atoms with Gasteiger partial charge in [-0.25, -0.2) is 0 Å². The van der Waals surface area contributed by atoms with E-state index in [1.165, 1.54) is 44.1 Å². The van der Waals surface area contributed by atoms with Crippen molar-refractivity contribution in [1.29, 1.82) is 0 Å². The van der Waals surface area contributed by atoms with Gasteiger partial charge in [-0.3, -0.25) is 4.79 Å². The Labute approximate surface area is 123 Å². The monoisotopic (exact) mass is 272 g/mol. The lowest BCUT2D eigenvalue weighted by molar-refractivity contribution is -0.104. The second-order valence-electron chi connectivity index (χ2n) is 7.35. The molecule has 5 atom stereocenters. The molecule has 3 aliphatic carbocycles. The van der Waals surface area contributed by atoms with Gasteiger partial charge in [-0.15, -0.1) is 0 Å². The summed E-state index contributed by atoms with van der Waals surface area (Å²) in [5, 5.41) is 0. The Kier molecular flexibility index (Phi) is 3.88. The van der Waals surface area contributed by atoms with Crippen molar-refractivity contribution >= 4 is 6.29 Å². The van der Waals surface area contributed by atoms with Crippen LogP contribution in [0.15, 0.2) is 23.8 Å². The zero-order valence-corrected chi connectivity index (χ0v) is 13.0. The van der Waals surface area contributed by atoms with Crippen molar-refractivity contribution in [2.45, 2.75) is 58.8 Å². The minimum Gasteiger partial charge on any atom is -0.299 e. The number of rotatable bonds is 2. The third-order valence-corrected chi connectivity index (χ3v) is 6.62. The van der Waals surface area contributed by atoms with Crippen molar-refractivity contribution < 1.29 is 4.79 Å². The van der Waals surface area contributed by atoms with Crippen LogP contribution in [0.5, 0.6) is 0 Å². The molecule has 1 heteroatoms. The molecule has 0 aliphatic heterocycles. The van der Waals surface area contributed by atoms with Gasteiger partial charge in [0.15, 0.2) is 0 Å². The number of hydrogen-bond acceptors (Lipinski definition) is 1. The summed E-state index contributed by atoms with van der Waals surface area (Å²) in [6, 6.07) is 0. The van der Waals surface area contributed by atoms with Crippen LogP contribution in [0.25, 0.3) is 0 Å². The molecule has 0 aromatic rings. The molecule has 5 unspecified atom stereocenters. The van der Waals surface area contributed by atoms with Crippen LogP contribution >= 0.6 is 0 Å². The van der Waals surface area contributed by atoms with Crippen LogP contribution < -0.4 is 0 Å². The summed E-state index contributed by atoms with van der Waals surface area (Å²) in [6.07, 6.45) is 17.1. The number of carbonyl (C=O) groups excluding carboxylic acids is 1. The zero-order valence-electron chi connectivity index (χ0n) is 13.0. The predicted molar refractivity (Wildman–Crippen MR) is 83.3 cm³/mol. The Morgan fingerprint density at radius 1 is 1.10 bits per heavy atom. The van der Waals surface area contributed by atoms with Crippen LogP contribution in [-0.4, -0.2) is 6.29 Å². The molecule has 0 bridgehead atoms. The highest BCUT2D eigenvalue weighted by Gasteiger charge is 2.50. The molecule has 3 rings (SSSR count). The van der Waals surface area contributed by atoms with Gasteiger partial charge in [-0.2, -0.15) is 0 Å². The van der Waals surface area contributed by atoms with Gasteiger partial charge in [0.05, 0.1) is 0 Å². The van der Waals surface area contributed by atoms with E-state index in [1.807, 2.05) is 6.08 Å². The molecule has 0 aromatic carbocycles. The van der Waals surface area contributed by atoms with E-state index in [-0.39, 0.29) is 5.41 Å². The summed E-state index contributed by atoms with van der Waals surface area (Å²) < 4.78 is 0. The van der Waals surface area contributed by atoms with Crippen LogP contribution in [0.4, 0.5) is 0 Å². The molecule has 3 saturated carbocycles. The maximum absolute atomic E-state index is 11.0. The number of fused-ring (bicyclic) bond motifs is 3. The number of carbonyl (C=O) groups is 1. The molecule has 0 spiro atoms. The number of allylic oxidation sites excluding steroid dienone is 4. The Balaban J connectivity index is 1.94. The lowest BCUT2D eigenvalue weighted by Gasteiger charge is -2.52. The summed E-state index contributed by atoms with van der Waals surface area (Å²) in [5.41, 5.74) is 1.51. The minimum atomic E-state index is 0.131. The summed E-state index contributed by atoms with van der Waals surface area (Å²) >= 11 is 0. The van der Waals surface area contributed by atoms with E-state index in [1.54, 1.807) is 0 Å². The highest BCUT2D eigenvalue weighted by molar-refractivity contribution is 5.67. The maximum Gasteiger partial charge on any atom is 0.142 e. The van der Waals surface area contributed by atoms with Gasteiger partial charge in [0, 0.05) is 5.41 Å². The Morgan fingerprint density at radius 3 is 2.70 bits per heavy atom. The van der Waals surface area contributed by atoms with E-state index in [4.69, 9.17) is 0 Å². The van der Waals surface area contributed by atoms with Gasteiger partial charge in [0.1, 0.15) is 6.29 Å². The van der Waals surface area contributed by atoms with E-state index in [0.29, 0.717) is 0 Å². The largest absolute Gasteiger partial charge is 0.299 e. The average Bonchev–Trinajstić information content (AvgIpc) is 2.91. The third-order valence-electron chi connectivity index (χ3n) is 6.62. The quantitative estimate of drug-likeness (QED) is 0.396. The molecule has 0 aromatic heterocycles. The van der Waals surface area contributed by atoms with Crippen LogP contribution in [0.3, 0.4) is 0 Å². The molecule has 0 amide bonds. The fourth-order valence-electron chi connectivity index (χ4n) is 5.81. The first-order chi connectivity index (χ1) is 9.70. The Morgan fingerprint density at radius 2 is 1.95 bits per heavy atom. The molecule has 3 aliphatic rings. The number of hydrogen-bond donors (Lipinski definition) is 0. The topological polar surface area (TPSA) is 17.1 Å². The molecule has 0 saturated heterocycles. The molecule has 0 radical (unpaired) electrons. The molecule has 1 nitrogen and oxygen atoms in total. The fourth-order valence-corrected chi connectivity index (χ4v) is 5.81. The van der Waals surface area contributed by atoms with E-state index >= 15 is 0 Å². The van der Waals surface area contributed by atoms with Gasteiger partial charge in [0.2, 0.25) is 0 Å². The first kappa shape index (κ1) is 14.1. The normalized spacial score (nSPS) is 46.4. The Hall–Kier alpha value is -0.850. The van der Waals surface area contributed by atoms with E-state index < -0.39 is 0 Å². The third kappa shape index (κ3) is 2.10. The molecular formula is C19H28O. The standard InChI is InChI=1S/C19H28O/c1-3-12-19(2)15(11-13-20)8-9-17-16-6-4-5-14(16)7-10-18(17)19/h3,11-14,16-18H,4-10H2,1-2H3/b12-3-,15-11-. The first-order valence-electron chi connectivity index (χ1n) is 8.49. The summed E-state index contributed by atoms with van der Waals surface area (Å²) in [6.45, 7) is 4.50. The highest BCUT2D eigenvalue weighted by atomic mass is 16.1. The molecule has 0 heterocycles. The van der Waals surface area contributed by atoms with Crippen molar-refractivity contribution in [3.63, 3.8) is 0 Å². The van der Waals surface area contributed by atoms with Gasteiger partial charge in [0.25, 0.3) is 0 Å². The smallest absolute Gasteiger partial charge is 0.142 e. The SMILES string of the molecule is C/C=C\C1(C)/C(=C\C=O)CCC2C3CCCC3CCC21. The lowest BCUT2D eigenvalue weighted by Crippen LogP contribution is -2.44. The minimum absolute atomic E-state index is 0.131. The predicted octanol–water partition coefficient (Wildman–Crippen LogP) is 4.93. The van der Waals surface area contributed by atoms with Crippen LogP contribution in [0, 0.1) is 29.1 Å². The van der Waals surface area contributed by atoms with Gasteiger partial charge in [-0.1, -0.05) is 37.5 Å². The highest BCUT2D eigenvalue weighted by Crippen LogP contribution is 2.59. The lowest BCUT2D eigenvalue weighted by atomic mass is 9.52. The molecule has 0 N–H and O–H groups in total. The summed E-state index contributed by atoms with van der Waals surface area (Å²) in [5.74, 6) is 3.66. The average molecular weight is 272 g/mol. The maximum atomic E-state index is 11.0. The van der Waals surface area contributed by atoms with Crippen LogP contribution in [0.2, 0.25) is 0 Å². The van der Waals surface area contributed by atoms with Gasteiger partial charge < -0.3 is 0 Å². The van der Waals surface area contributed by atoms with E-state index in [0.717, 1.165) is 36.4 Å². The first-order valence-corrected chi connectivity index (χ1v) is 8.49. The summed E-state index contributed by atoms with van der Waals surface area (Å²) in [7, 11) is 0. The second-order valence-corrected chi connectivity index (χ2v) is 7.35. The van der Waals surface area contributed by atoms with Gasteiger partial charge >= 0.3 is 0 Å². The van der Waals surface area contributed by atoms with Crippen molar-refractivity contribution in [3.8, 4) is 0 Å². The van der Waals surface area contributed by atoms with E-state index in [2.05, 4.69) is 26.0 Å². The van der Waals surface area contributed by atoms with Crippen LogP contribution in [0.1, 0.15) is 58.8 Å². The van der Waals surface area contributed by atoms with Gasteiger partial charge in [-0.05, 0) is 68.8 Å². The molecule has 20 heavy (non-hydrogen) atoms. The summed E-state index contributed by atoms with van der Waals surface area (Å²) in [4.78, 5) is 11.0. The van der Waals surface area contributed by atoms with E-state index in [9.17, 15) is 4.79 Å². The van der Waals surface area contributed by atoms with Crippen molar-refractivity contribution in [2.75, 3.05) is 0 Å². The van der Waals surface area contributed by atoms with Crippen LogP contribution in [-0.2, 0) is 4.79 Å². The fraction of sp³-hybridized carbons (Fsp3) is 0.737. The second kappa shape index (κ2) is 5.50. The van der Waals surface area contributed by atoms with Crippen molar-refractivity contribution in [3.05, 3.63) is 23.8 Å². The van der Waals surface area contributed by atoms with Crippen molar-refractivity contribution in [2.24, 2.45) is 29.1 Å². The molecule has 3 fully saturated rings. The number of aldehydes is 1. The van der Waals surface area contributed by atoms with Crippen molar-refractivity contribution in [1.82, 2.24) is 0 Å². The molecular weight excluding hydrogens is 244 g/mol. The Bertz CT molecular complexity index is 433. The molecule has 110 valence electrons.